The molecule has 5 heteroatoms. The fraction of sp³-hybridized carbons (Fsp3) is 0.455. The highest BCUT2D eigenvalue weighted by molar-refractivity contribution is 5.94. The minimum atomic E-state index is 0.116. The monoisotopic (exact) mass is 364 g/mol. The van der Waals surface area contributed by atoms with Crippen LogP contribution in [0.5, 0.6) is 0 Å². The van der Waals surface area contributed by atoms with Crippen LogP contribution >= 0.6 is 0 Å². The largest absolute Gasteiger partial charge is 0.338 e. The number of carbonyl (C=O) groups excluding carboxylic acids is 1. The summed E-state index contributed by atoms with van der Waals surface area (Å²) in [7, 11) is 4.27. The van der Waals surface area contributed by atoms with Crippen LogP contribution in [0.3, 0.4) is 0 Å². The molecule has 1 aromatic carbocycles. The van der Waals surface area contributed by atoms with Gasteiger partial charge in [-0.15, -0.1) is 0 Å². The quantitative estimate of drug-likeness (QED) is 0.816. The third-order valence-electron chi connectivity index (χ3n) is 5.91. The number of rotatable bonds is 5. The zero-order chi connectivity index (χ0) is 18.9. The van der Waals surface area contributed by atoms with Gasteiger partial charge in [-0.2, -0.15) is 0 Å². The van der Waals surface area contributed by atoms with Gasteiger partial charge in [0.15, 0.2) is 0 Å². The second kappa shape index (κ2) is 7.41. The number of fused-ring (bicyclic) bond motifs is 1. The average Bonchev–Trinajstić information content (AvgIpc) is 3.15. The minimum Gasteiger partial charge on any atom is -0.338 e. The summed E-state index contributed by atoms with van der Waals surface area (Å²) in [6.45, 7) is 5.77. The number of hydrogen-bond acceptors (Lipinski definition) is 4. The van der Waals surface area contributed by atoms with Gasteiger partial charge < -0.3 is 9.80 Å². The van der Waals surface area contributed by atoms with E-state index < -0.39 is 0 Å². The van der Waals surface area contributed by atoms with Crippen LogP contribution in [0.4, 0.5) is 0 Å². The molecule has 0 unspecified atom stereocenters. The lowest BCUT2D eigenvalue weighted by molar-refractivity contribution is 0.0747. The van der Waals surface area contributed by atoms with Gasteiger partial charge in [0.05, 0.1) is 5.56 Å². The number of benzene rings is 1. The number of aromatic nitrogens is 1. The number of nitrogens with zero attached hydrogens (tertiary/aromatic N) is 4. The van der Waals surface area contributed by atoms with Crippen molar-refractivity contribution >= 4 is 5.91 Å². The molecule has 0 N–H and O–H groups in total. The Balaban J connectivity index is 1.50. The fourth-order valence-corrected chi connectivity index (χ4v) is 4.93. The Hall–Kier alpha value is -2.24. The summed E-state index contributed by atoms with van der Waals surface area (Å²) in [5.41, 5.74) is 2.20. The van der Waals surface area contributed by atoms with Crippen molar-refractivity contribution in [3.8, 4) is 0 Å². The third kappa shape index (κ3) is 3.75. The second-order valence-corrected chi connectivity index (χ2v) is 8.38. The molecule has 27 heavy (non-hydrogen) atoms. The van der Waals surface area contributed by atoms with Crippen LogP contribution in [0.25, 0.3) is 0 Å². The molecule has 1 amide bonds. The van der Waals surface area contributed by atoms with Crippen molar-refractivity contribution in [2.75, 3.05) is 46.8 Å². The van der Waals surface area contributed by atoms with Crippen molar-refractivity contribution in [3.63, 3.8) is 0 Å². The predicted molar refractivity (Wildman–Crippen MR) is 106 cm³/mol. The average molecular weight is 364 g/mol. The van der Waals surface area contributed by atoms with E-state index in [1.807, 2.05) is 17.0 Å². The summed E-state index contributed by atoms with van der Waals surface area (Å²) in [5.74, 6) is 0.634. The van der Waals surface area contributed by atoms with Crippen LogP contribution in [-0.2, 0) is 6.54 Å². The summed E-state index contributed by atoms with van der Waals surface area (Å²) in [4.78, 5) is 23.9. The Morgan fingerprint density at radius 1 is 1.15 bits per heavy atom. The van der Waals surface area contributed by atoms with Crippen molar-refractivity contribution in [1.29, 1.82) is 0 Å². The zero-order valence-corrected chi connectivity index (χ0v) is 16.2. The molecule has 2 atom stereocenters. The van der Waals surface area contributed by atoms with Crippen molar-refractivity contribution in [3.05, 3.63) is 66.0 Å². The Labute approximate surface area is 161 Å². The molecule has 2 saturated heterocycles. The molecular weight excluding hydrogens is 336 g/mol. The van der Waals surface area contributed by atoms with Crippen molar-refractivity contribution < 1.29 is 4.79 Å². The lowest BCUT2D eigenvalue weighted by Gasteiger charge is -2.32. The van der Waals surface area contributed by atoms with Gasteiger partial charge in [0.2, 0.25) is 0 Å². The Bertz CT molecular complexity index is 779. The van der Waals surface area contributed by atoms with Crippen LogP contribution in [0.1, 0.15) is 15.9 Å². The van der Waals surface area contributed by atoms with E-state index >= 15 is 0 Å². The first-order valence-electron chi connectivity index (χ1n) is 9.66. The maximum absolute atomic E-state index is 12.9. The number of amides is 1. The molecule has 1 aromatic heterocycles. The fourth-order valence-electron chi connectivity index (χ4n) is 4.93. The van der Waals surface area contributed by atoms with Crippen LogP contribution in [-0.4, -0.2) is 72.4 Å². The molecule has 3 heterocycles. The van der Waals surface area contributed by atoms with Gasteiger partial charge in [0, 0.05) is 57.1 Å². The van der Waals surface area contributed by atoms with Gasteiger partial charge in [-0.25, -0.2) is 0 Å². The highest BCUT2D eigenvalue weighted by Crippen LogP contribution is 2.43. The molecule has 2 aromatic rings. The van der Waals surface area contributed by atoms with Gasteiger partial charge in [0.25, 0.3) is 5.91 Å². The summed E-state index contributed by atoms with van der Waals surface area (Å²) in [6, 6.07) is 14.4. The van der Waals surface area contributed by atoms with Crippen LogP contribution in [0.15, 0.2) is 54.9 Å². The first-order valence-corrected chi connectivity index (χ1v) is 9.66. The number of hydrogen-bond donors (Lipinski definition) is 0. The Kier molecular flexibility index (Phi) is 4.98. The molecule has 142 valence electrons. The van der Waals surface area contributed by atoms with E-state index in [0.29, 0.717) is 11.5 Å². The van der Waals surface area contributed by atoms with Crippen LogP contribution in [0.2, 0.25) is 0 Å². The normalized spacial score (nSPS) is 25.1. The number of carbonyl (C=O) groups is 1. The maximum atomic E-state index is 12.9. The van der Waals surface area contributed by atoms with Gasteiger partial charge in [-0.1, -0.05) is 30.3 Å². The van der Waals surface area contributed by atoms with Gasteiger partial charge in [-0.3, -0.25) is 14.7 Å². The third-order valence-corrected chi connectivity index (χ3v) is 5.91. The van der Waals surface area contributed by atoms with Gasteiger partial charge in [0.1, 0.15) is 0 Å². The molecule has 0 spiro atoms. The van der Waals surface area contributed by atoms with E-state index in [0.717, 1.165) is 39.3 Å². The number of pyridine rings is 1. The molecule has 0 saturated carbocycles. The molecule has 2 aliphatic rings. The van der Waals surface area contributed by atoms with Crippen molar-refractivity contribution in [1.82, 2.24) is 19.7 Å². The van der Waals surface area contributed by atoms with Gasteiger partial charge >= 0.3 is 0 Å². The first-order chi connectivity index (χ1) is 13.1. The van der Waals surface area contributed by atoms with E-state index in [1.54, 1.807) is 12.4 Å². The minimum absolute atomic E-state index is 0.116. The lowest BCUT2D eigenvalue weighted by Crippen LogP contribution is -2.42. The van der Waals surface area contributed by atoms with E-state index in [9.17, 15) is 4.79 Å². The van der Waals surface area contributed by atoms with Gasteiger partial charge in [-0.05, 0) is 37.7 Å². The summed E-state index contributed by atoms with van der Waals surface area (Å²) in [6.07, 6.45) is 3.39. The van der Waals surface area contributed by atoms with E-state index in [1.165, 1.54) is 5.56 Å². The highest BCUT2D eigenvalue weighted by Gasteiger charge is 2.53. The van der Waals surface area contributed by atoms with E-state index in [2.05, 4.69) is 59.2 Å². The molecule has 0 radical (unpaired) electrons. The smallest absolute Gasteiger partial charge is 0.255 e. The van der Waals surface area contributed by atoms with E-state index in [-0.39, 0.29) is 11.3 Å². The lowest BCUT2D eigenvalue weighted by atomic mass is 9.80. The summed E-state index contributed by atoms with van der Waals surface area (Å²) >= 11 is 0. The molecule has 2 fully saturated rings. The first kappa shape index (κ1) is 18.1. The van der Waals surface area contributed by atoms with Crippen LogP contribution < -0.4 is 0 Å². The standard InChI is InChI=1S/C22H28N4O/c1-24(2)15-22-16-25(12-18-7-4-3-5-8-18)13-20(22)14-26(17-22)21(27)19-9-6-10-23-11-19/h3-11,20H,12-17H2,1-2H3/t20-,22+/m1/s1. The van der Waals surface area contributed by atoms with E-state index in [4.69, 9.17) is 0 Å². The highest BCUT2D eigenvalue weighted by atomic mass is 16.2. The topological polar surface area (TPSA) is 39.7 Å². The van der Waals surface area contributed by atoms with Crippen molar-refractivity contribution in [2.45, 2.75) is 6.54 Å². The molecule has 5 nitrogen and oxygen atoms in total. The molecule has 0 aliphatic carbocycles. The Morgan fingerprint density at radius 3 is 2.67 bits per heavy atom. The van der Waals surface area contributed by atoms with Crippen molar-refractivity contribution in [2.24, 2.45) is 11.3 Å². The SMILES string of the molecule is CN(C)C[C@@]12CN(Cc3ccccc3)C[C@@H]1CN(C(=O)c1cccnc1)C2. The molecule has 4 rings (SSSR count). The predicted octanol–water partition coefficient (Wildman–Crippen LogP) is 2.22. The molecule has 2 aliphatic heterocycles. The second-order valence-electron chi connectivity index (χ2n) is 8.38. The molecular formula is C22H28N4O. The Morgan fingerprint density at radius 2 is 1.96 bits per heavy atom. The molecule has 0 bridgehead atoms. The summed E-state index contributed by atoms with van der Waals surface area (Å²) < 4.78 is 0. The van der Waals surface area contributed by atoms with Crippen LogP contribution in [0, 0.1) is 11.3 Å². The number of likely N-dealkylation sites (tertiary alicyclic amines) is 2. The summed E-state index contributed by atoms with van der Waals surface area (Å²) in [5, 5.41) is 0. The maximum Gasteiger partial charge on any atom is 0.255 e. The zero-order valence-electron chi connectivity index (χ0n) is 16.2.